The Morgan fingerprint density at radius 2 is 2.27 bits per heavy atom. The van der Waals surface area contributed by atoms with Crippen LogP contribution < -0.4 is 14.8 Å². The van der Waals surface area contributed by atoms with Gasteiger partial charge in [0.15, 0.2) is 11.5 Å². The molecule has 0 aromatic heterocycles. The Morgan fingerprint density at radius 1 is 1.33 bits per heavy atom. The number of ether oxygens (including phenoxy) is 2. The van der Waals surface area contributed by atoms with Gasteiger partial charge in [0.2, 0.25) is 6.79 Å². The van der Waals surface area contributed by atoms with E-state index in [9.17, 15) is 0 Å². The minimum absolute atomic E-state index is 0.279. The van der Waals surface area contributed by atoms with Crippen molar-refractivity contribution in [2.24, 2.45) is 0 Å². The van der Waals surface area contributed by atoms with E-state index in [1.807, 2.05) is 12.1 Å². The Kier molecular flexibility index (Phi) is 2.22. The minimum Gasteiger partial charge on any atom is -0.454 e. The third-order valence-corrected chi connectivity index (χ3v) is 3.40. The first kappa shape index (κ1) is 9.31. The van der Waals surface area contributed by atoms with Gasteiger partial charge in [0.25, 0.3) is 0 Å². The molecule has 1 fully saturated rings. The lowest BCUT2D eigenvalue weighted by atomic mass is 9.98. The smallest absolute Gasteiger partial charge is 0.231 e. The summed E-state index contributed by atoms with van der Waals surface area (Å²) in [4.78, 5) is 0. The van der Waals surface area contributed by atoms with E-state index in [1.165, 1.54) is 5.56 Å². The molecule has 1 atom stereocenters. The lowest BCUT2D eigenvalue weighted by molar-refractivity contribution is 0.174. The SMILES string of the molecule is Clc1c(C2CCNC2)ccc2c1OCO2. The maximum absolute atomic E-state index is 6.30. The molecule has 3 nitrogen and oxygen atoms in total. The third kappa shape index (κ3) is 1.46. The van der Waals surface area contributed by atoms with Crippen molar-refractivity contribution < 1.29 is 9.47 Å². The van der Waals surface area contributed by atoms with Crippen molar-refractivity contribution in [1.29, 1.82) is 0 Å². The van der Waals surface area contributed by atoms with Gasteiger partial charge in [-0.2, -0.15) is 0 Å². The average Bonchev–Trinajstić information content (AvgIpc) is 2.87. The van der Waals surface area contributed by atoms with Crippen molar-refractivity contribution in [1.82, 2.24) is 5.32 Å². The Balaban J connectivity index is 2.01. The Bertz CT molecular complexity index is 388. The Morgan fingerprint density at radius 3 is 3.07 bits per heavy atom. The molecule has 0 aliphatic carbocycles. The third-order valence-electron chi connectivity index (χ3n) is 3.01. The molecule has 4 heteroatoms. The van der Waals surface area contributed by atoms with E-state index in [1.54, 1.807) is 0 Å². The second-order valence-electron chi connectivity index (χ2n) is 3.89. The van der Waals surface area contributed by atoms with Crippen LogP contribution in [0.4, 0.5) is 0 Å². The summed E-state index contributed by atoms with van der Waals surface area (Å²) in [5, 5.41) is 4.06. The van der Waals surface area contributed by atoms with Crippen LogP contribution >= 0.6 is 11.6 Å². The molecule has 0 spiro atoms. The molecule has 2 heterocycles. The maximum Gasteiger partial charge on any atom is 0.231 e. The summed E-state index contributed by atoms with van der Waals surface area (Å²) in [5.41, 5.74) is 1.17. The predicted octanol–water partition coefficient (Wildman–Crippen LogP) is 2.15. The zero-order valence-electron chi connectivity index (χ0n) is 8.25. The van der Waals surface area contributed by atoms with Crippen LogP contribution in [0.15, 0.2) is 12.1 Å². The van der Waals surface area contributed by atoms with Crippen LogP contribution in [-0.4, -0.2) is 19.9 Å². The second kappa shape index (κ2) is 3.58. The fraction of sp³-hybridized carbons (Fsp3) is 0.455. The number of halogens is 1. The Labute approximate surface area is 93.3 Å². The van der Waals surface area contributed by atoms with E-state index in [4.69, 9.17) is 21.1 Å². The lowest BCUT2D eigenvalue weighted by Gasteiger charge is -2.12. The quantitative estimate of drug-likeness (QED) is 0.795. The topological polar surface area (TPSA) is 30.5 Å². The molecule has 1 unspecified atom stereocenters. The molecule has 15 heavy (non-hydrogen) atoms. The van der Waals surface area contributed by atoms with Crippen molar-refractivity contribution in [3.8, 4) is 11.5 Å². The first-order chi connectivity index (χ1) is 7.36. The van der Waals surface area contributed by atoms with Crippen molar-refractivity contribution in [2.75, 3.05) is 19.9 Å². The van der Waals surface area contributed by atoms with Crippen molar-refractivity contribution >= 4 is 11.6 Å². The van der Waals surface area contributed by atoms with Gasteiger partial charge in [0, 0.05) is 6.54 Å². The number of benzene rings is 1. The monoisotopic (exact) mass is 225 g/mol. The molecule has 1 aromatic rings. The molecule has 0 bridgehead atoms. The van der Waals surface area contributed by atoms with E-state index in [0.29, 0.717) is 11.7 Å². The van der Waals surface area contributed by atoms with Gasteiger partial charge in [0.05, 0.1) is 5.02 Å². The standard InChI is InChI=1S/C11H12ClNO2/c12-10-8(7-3-4-13-5-7)1-2-9-11(10)15-6-14-9/h1-2,7,13H,3-6H2. The largest absolute Gasteiger partial charge is 0.454 e. The maximum atomic E-state index is 6.30. The number of hydrogen-bond acceptors (Lipinski definition) is 3. The minimum atomic E-state index is 0.279. The molecule has 0 saturated carbocycles. The summed E-state index contributed by atoms with van der Waals surface area (Å²) in [5.74, 6) is 1.97. The normalized spacial score (nSPS) is 23.4. The van der Waals surface area contributed by atoms with Gasteiger partial charge in [-0.05, 0) is 30.5 Å². The first-order valence-corrected chi connectivity index (χ1v) is 5.53. The van der Waals surface area contributed by atoms with E-state index in [0.717, 1.165) is 30.3 Å². The zero-order chi connectivity index (χ0) is 10.3. The van der Waals surface area contributed by atoms with Gasteiger partial charge in [-0.15, -0.1) is 0 Å². The fourth-order valence-corrected chi connectivity index (χ4v) is 2.55. The highest BCUT2D eigenvalue weighted by Gasteiger charge is 2.25. The summed E-state index contributed by atoms with van der Waals surface area (Å²) in [7, 11) is 0. The van der Waals surface area contributed by atoms with Crippen LogP contribution in [0, 0.1) is 0 Å². The molecule has 2 aliphatic heterocycles. The summed E-state index contributed by atoms with van der Waals surface area (Å²) in [6, 6.07) is 4.00. The molecule has 0 amide bonds. The summed E-state index contributed by atoms with van der Waals surface area (Å²) in [6.45, 7) is 2.34. The average molecular weight is 226 g/mol. The second-order valence-corrected chi connectivity index (χ2v) is 4.27. The van der Waals surface area contributed by atoms with Gasteiger partial charge in [-0.3, -0.25) is 0 Å². The molecule has 0 radical (unpaired) electrons. The lowest BCUT2D eigenvalue weighted by Crippen LogP contribution is -2.08. The molecule has 1 saturated heterocycles. The van der Waals surface area contributed by atoms with Gasteiger partial charge in [-0.1, -0.05) is 17.7 Å². The predicted molar refractivity (Wildman–Crippen MR) is 57.8 cm³/mol. The summed E-state index contributed by atoms with van der Waals surface area (Å²) >= 11 is 6.30. The molecular weight excluding hydrogens is 214 g/mol. The van der Waals surface area contributed by atoms with Crippen molar-refractivity contribution in [2.45, 2.75) is 12.3 Å². The number of nitrogens with one attached hydrogen (secondary N) is 1. The Hall–Kier alpha value is -0.930. The van der Waals surface area contributed by atoms with E-state index in [-0.39, 0.29) is 6.79 Å². The van der Waals surface area contributed by atoms with Gasteiger partial charge >= 0.3 is 0 Å². The van der Waals surface area contributed by atoms with Crippen LogP contribution in [0.3, 0.4) is 0 Å². The number of fused-ring (bicyclic) bond motifs is 1. The summed E-state index contributed by atoms with van der Waals surface area (Å²) in [6.07, 6.45) is 1.14. The van der Waals surface area contributed by atoms with Crippen LogP contribution in [0.25, 0.3) is 0 Å². The molecule has 2 aliphatic rings. The van der Waals surface area contributed by atoms with E-state index in [2.05, 4.69) is 5.32 Å². The molecular formula is C11H12ClNO2. The van der Waals surface area contributed by atoms with Crippen LogP contribution in [0.1, 0.15) is 17.9 Å². The van der Waals surface area contributed by atoms with Gasteiger partial charge in [-0.25, -0.2) is 0 Å². The highest BCUT2D eigenvalue weighted by Crippen LogP contribution is 2.43. The first-order valence-electron chi connectivity index (χ1n) is 5.15. The molecule has 1 N–H and O–H groups in total. The number of hydrogen-bond donors (Lipinski definition) is 1. The number of rotatable bonds is 1. The highest BCUT2D eigenvalue weighted by atomic mass is 35.5. The van der Waals surface area contributed by atoms with Gasteiger partial charge < -0.3 is 14.8 Å². The molecule has 1 aromatic carbocycles. The highest BCUT2D eigenvalue weighted by molar-refractivity contribution is 6.33. The molecule has 3 rings (SSSR count). The van der Waals surface area contributed by atoms with Crippen LogP contribution in [0.5, 0.6) is 11.5 Å². The van der Waals surface area contributed by atoms with E-state index < -0.39 is 0 Å². The van der Waals surface area contributed by atoms with Crippen molar-refractivity contribution in [3.05, 3.63) is 22.7 Å². The summed E-state index contributed by atoms with van der Waals surface area (Å²) < 4.78 is 10.6. The fourth-order valence-electron chi connectivity index (χ4n) is 2.19. The molecule has 80 valence electrons. The van der Waals surface area contributed by atoms with E-state index >= 15 is 0 Å². The zero-order valence-corrected chi connectivity index (χ0v) is 9.01. The van der Waals surface area contributed by atoms with Crippen molar-refractivity contribution in [3.63, 3.8) is 0 Å². The van der Waals surface area contributed by atoms with Crippen LogP contribution in [-0.2, 0) is 0 Å². The van der Waals surface area contributed by atoms with Crippen LogP contribution in [0.2, 0.25) is 5.02 Å². The van der Waals surface area contributed by atoms with Gasteiger partial charge in [0.1, 0.15) is 0 Å².